The number of halogens is 1. The highest BCUT2D eigenvalue weighted by molar-refractivity contribution is 6.30. The van der Waals surface area contributed by atoms with Crippen LogP contribution in [0.3, 0.4) is 0 Å². The van der Waals surface area contributed by atoms with Gasteiger partial charge in [0.2, 0.25) is 5.91 Å². The number of aromatic hydroxyl groups is 1. The van der Waals surface area contributed by atoms with E-state index < -0.39 is 11.9 Å². The largest absolute Gasteiger partial charge is 0.506 e. The predicted molar refractivity (Wildman–Crippen MR) is 126 cm³/mol. The minimum Gasteiger partial charge on any atom is -0.506 e. The van der Waals surface area contributed by atoms with Gasteiger partial charge in [-0.3, -0.25) is 9.59 Å². The second kappa shape index (κ2) is 10.8. The Kier molecular flexibility index (Phi) is 7.90. The average molecular weight is 452 g/mol. The van der Waals surface area contributed by atoms with Gasteiger partial charge in [-0.25, -0.2) is 0 Å². The van der Waals surface area contributed by atoms with Crippen LogP contribution in [-0.4, -0.2) is 22.1 Å². The Morgan fingerprint density at radius 2 is 1.56 bits per heavy atom. The second-order valence-corrected chi connectivity index (χ2v) is 8.29. The molecule has 0 spiro atoms. The number of hydrogen-bond acceptors (Lipinski definition) is 3. The fraction of sp³-hybridized carbons (Fsp3) is 0.231. The lowest BCUT2D eigenvalue weighted by Crippen LogP contribution is -2.19. The quantitative estimate of drug-likeness (QED) is 0.359. The molecule has 0 fully saturated rings. The van der Waals surface area contributed by atoms with Gasteiger partial charge in [-0.15, -0.1) is 0 Å². The van der Waals surface area contributed by atoms with E-state index in [9.17, 15) is 14.7 Å². The fourth-order valence-electron chi connectivity index (χ4n) is 3.44. The maximum atomic E-state index is 12.7. The summed E-state index contributed by atoms with van der Waals surface area (Å²) < 4.78 is 0. The zero-order chi connectivity index (χ0) is 23.1. The number of aliphatic carboxylic acids is 1. The molecule has 6 heteroatoms. The zero-order valence-corrected chi connectivity index (χ0v) is 18.6. The molecule has 0 aliphatic heterocycles. The third-order valence-corrected chi connectivity index (χ3v) is 5.62. The molecule has 0 saturated heterocycles. The van der Waals surface area contributed by atoms with Gasteiger partial charge in [-0.2, -0.15) is 0 Å². The molecule has 0 bridgehead atoms. The summed E-state index contributed by atoms with van der Waals surface area (Å²) in [6, 6.07) is 20.4. The molecule has 3 aromatic carbocycles. The smallest absolute Gasteiger partial charge is 0.303 e. The topological polar surface area (TPSA) is 86.6 Å². The van der Waals surface area contributed by atoms with Crippen LogP contribution < -0.4 is 5.32 Å². The number of benzene rings is 3. The summed E-state index contributed by atoms with van der Waals surface area (Å²) in [6.45, 7) is 1.80. The molecular formula is C26H26ClNO4. The molecule has 1 amide bonds. The van der Waals surface area contributed by atoms with Crippen LogP contribution in [0.2, 0.25) is 5.02 Å². The number of nitrogens with one attached hydrogen (secondary N) is 1. The van der Waals surface area contributed by atoms with Gasteiger partial charge in [0.05, 0.1) is 11.6 Å². The van der Waals surface area contributed by atoms with Crippen LogP contribution in [0.5, 0.6) is 5.75 Å². The van der Waals surface area contributed by atoms with Gasteiger partial charge in [-0.1, -0.05) is 54.1 Å². The number of hydrogen-bond donors (Lipinski definition) is 3. The number of carboxylic acid groups (broad SMARTS) is 1. The summed E-state index contributed by atoms with van der Waals surface area (Å²) in [5.74, 6) is -1.38. The molecule has 3 rings (SSSR count). The van der Waals surface area contributed by atoms with Gasteiger partial charge < -0.3 is 15.5 Å². The normalized spacial score (nSPS) is 11.7. The van der Waals surface area contributed by atoms with Crippen LogP contribution in [0.1, 0.15) is 47.9 Å². The van der Waals surface area contributed by atoms with Crippen molar-refractivity contribution in [3.8, 4) is 5.75 Å². The Morgan fingerprint density at radius 1 is 0.938 bits per heavy atom. The lowest BCUT2D eigenvalue weighted by atomic mass is 9.99. The highest BCUT2D eigenvalue weighted by Gasteiger charge is 2.17. The minimum absolute atomic E-state index is 0.0131. The summed E-state index contributed by atoms with van der Waals surface area (Å²) in [6.07, 6.45) is 2.16. The van der Waals surface area contributed by atoms with E-state index in [1.165, 1.54) is 0 Å². The van der Waals surface area contributed by atoms with Crippen molar-refractivity contribution in [2.45, 2.75) is 38.5 Å². The number of carbonyl (C=O) groups is 2. The van der Waals surface area contributed by atoms with E-state index in [1.807, 2.05) is 42.5 Å². The number of carboxylic acids is 1. The van der Waals surface area contributed by atoms with Crippen molar-refractivity contribution >= 4 is 29.2 Å². The summed E-state index contributed by atoms with van der Waals surface area (Å²) in [7, 11) is 0. The molecule has 3 N–H and O–H groups in total. The monoisotopic (exact) mass is 451 g/mol. The molecule has 0 aliphatic carbocycles. The van der Waals surface area contributed by atoms with E-state index in [4.69, 9.17) is 16.7 Å². The summed E-state index contributed by atoms with van der Waals surface area (Å²) >= 11 is 5.92. The van der Waals surface area contributed by atoms with Gasteiger partial charge in [0, 0.05) is 11.4 Å². The van der Waals surface area contributed by atoms with Crippen LogP contribution in [0.4, 0.5) is 5.69 Å². The molecular weight excluding hydrogens is 426 g/mol. The Labute approximate surface area is 192 Å². The van der Waals surface area contributed by atoms with E-state index in [0.717, 1.165) is 28.7 Å². The molecule has 32 heavy (non-hydrogen) atoms. The standard InChI is InChI=1S/C26H26ClNO4/c1-17(21-10-12-22(27)13-11-21)26(32)28-23-16-20(9-14-24(23)29)15-19-7-5-18(6-8-19)3-2-4-25(30)31/h5-14,16-17,29H,2-4,15H2,1H3,(H,28,32)(H,30,31). The van der Waals surface area contributed by atoms with Crippen LogP contribution >= 0.6 is 11.6 Å². The molecule has 0 heterocycles. The predicted octanol–water partition coefficient (Wildman–Crippen LogP) is 5.79. The first-order valence-corrected chi connectivity index (χ1v) is 10.9. The molecule has 0 radical (unpaired) electrons. The van der Waals surface area contributed by atoms with Crippen LogP contribution in [0.15, 0.2) is 66.7 Å². The van der Waals surface area contributed by atoms with Gasteiger partial charge in [0.25, 0.3) is 0 Å². The van der Waals surface area contributed by atoms with Crippen molar-refractivity contribution in [3.05, 3.63) is 94.0 Å². The molecule has 0 saturated carbocycles. The second-order valence-electron chi connectivity index (χ2n) is 7.85. The van der Waals surface area contributed by atoms with Crippen molar-refractivity contribution in [1.82, 2.24) is 0 Å². The molecule has 1 unspecified atom stereocenters. The number of phenols is 1. The summed E-state index contributed by atoms with van der Waals surface area (Å²) in [5, 5.41) is 22.4. The van der Waals surface area contributed by atoms with E-state index in [2.05, 4.69) is 5.32 Å². The first-order valence-electron chi connectivity index (χ1n) is 10.5. The third-order valence-electron chi connectivity index (χ3n) is 5.37. The highest BCUT2D eigenvalue weighted by Crippen LogP contribution is 2.28. The Bertz CT molecular complexity index is 1080. The molecule has 3 aromatic rings. The number of amides is 1. The molecule has 1 atom stereocenters. The van der Waals surface area contributed by atoms with Crippen molar-refractivity contribution < 1.29 is 19.8 Å². The van der Waals surface area contributed by atoms with Gasteiger partial charge >= 0.3 is 5.97 Å². The maximum Gasteiger partial charge on any atom is 0.303 e. The van der Waals surface area contributed by atoms with Crippen LogP contribution in [-0.2, 0) is 22.4 Å². The van der Waals surface area contributed by atoms with Crippen molar-refractivity contribution in [2.24, 2.45) is 0 Å². The van der Waals surface area contributed by atoms with Crippen LogP contribution in [0.25, 0.3) is 0 Å². The third kappa shape index (κ3) is 6.59. The molecule has 0 aliphatic rings. The molecule has 166 valence electrons. The SMILES string of the molecule is CC(C(=O)Nc1cc(Cc2ccc(CCCC(=O)O)cc2)ccc1O)c1ccc(Cl)cc1. The number of anilines is 1. The molecule has 5 nitrogen and oxygen atoms in total. The van der Waals surface area contributed by atoms with Crippen molar-refractivity contribution in [1.29, 1.82) is 0 Å². The molecule has 0 aromatic heterocycles. The van der Waals surface area contributed by atoms with E-state index in [1.54, 1.807) is 31.2 Å². The Hall–Kier alpha value is -3.31. The number of phenolic OH excluding ortho intramolecular Hbond substituents is 1. The van der Waals surface area contributed by atoms with E-state index in [-0.39, 0.29) is 18.1 Å². The van der Waals surface area contributed by atoms with Gasteiger partial charge in [-0.05, 0) is 72.7 Å². The van der Waals surface area contributed by atoms with Crippen molar-refractivity contribution in [2.75, 3.05) is 5.32 Å². The lowest BCUT2D eigenvalue weighted by Gasteiger charge is -2.15. The summed E-state index contributed by atoms with van der Waals surface area (Å²) in [5.41, 5.74) is 4.36. The first kappa shape index (κ1) is 23.4. The fourth-order valence-corrected chi connectivity index (χ4v) is 3.57. The number of rotatable bonds is 9. The van der Waals surface area contributed by atoms with E-state index >= 15 is 0 Å². The van der Waals surface area contributed by atoms with Gasteiger partial charge in [0.15, 0.2) is 0 Å². The van der Waals surface area contributed by atoms with Crippen molar-refractivity contribution in [3.63, 3.8) is 0 Å². The first-order chi connectivity index (χ1) is 15.3. The number of carbonyl (C=O) groups excluding carboxylic acids is 1. The zero-order valence-electron chi connectivity index (χ0n) is 17.8. The maximum absolute atomic E-state index is 12.7. The van der Waals surface area contributed by atoms with Crippen LogP contribution in [0, 0.1) is 0 Å². The van der Waals surface area contributed by atoms with E-state index in [0.29, 0.717) is 23.6 Å². The lowest BCUT2D eigenvalue weighted by molar-refractivity contribution is -0.137. The number of aryl methyl sites for hydroxylation is 1. The minimum atomic E-state index is -0.778. The van der Waals surface area contributed by atoms with Gasteiger partial charge in [0.1, 0.15) is 5.75 Å². The summed E-state index contributed by atoms with van der Waals surface area (Å²) in [4.78, 5) is 23.3. The average Bonchev–Trinajstić information content (AvgIpc) is 2.77. The Morgan fingerprint density at radius 3 is 2.22 bits per heavy atom. The highest BCUT2D eigenvalue weighted by atomic mass is 35.5. The Balaban J connectivity index is 1.64.